The average Bonchev–Trinajstić information content (AvgIpc) is 2.40. The van der Waals surface area contributed by atoms with Gasteiger partial charge in [-0.05, 0) is 23.8 Å². The molecule has 2 rings (SSSR count). The topological polar surface area (TPSA) is 66.8 Å². The molecule has 0 amide bonds. The van der Waals surface area contributed by atoms with E-state index in [-0.39, 0.29) is 23.7 Å². The molecule has 0 fully saturated rings. The predicted octanol–water partition coefficient (Wildman–Crippen LogP) is 3.15. The highest BCUT2D eigenvalue weighted by molar-refractivity contribution is 6.31. The molecule has 0 aliphatic rings. The second-order valence-corrected chi connectivity index (χ2v) is 4.59. The lowest BCUT2D eigenvalue weighted by atomic mass is 10.1. The molecule has 0 aromatic heterocycles. The van der Waals surface area contributed by atoms with Crippen molar-refractivity contribution in [3.05, 3.63) is 58.6 Å². The third-order valence-electron chi connectivity index (χ3n) is 2.76. The first-order valence-electron chi connectivity index (χ1n) is 6.00. The number of hydrogen-bond donors (Lipinski definition) is 2. The molecule has 5 heteroatoms. The van der Waals surface area contributed by atoms with Gasteiger partial charge in [-0.1, -0.05) is 29.8 Å². The maximum Gasteiger partial charge on any atom is 0.341 e. The van der Waals surface area contributed by atoms with E-state index in [1.165, 1.54) is 12.1 Å². The van der Waals surface area contributed by atoms with Crippen LogP contribution in [0.4, 0.5) is 0 Å². The van der Waals surface area contributed by atoms with Crippen molar-refractivity contribution in [2.45, 2.75) is 6.42 Å². The molecule has 2 aromatic rings. The van der Waals surface area contributed by atoms with Crippen LogP contribution in [0.3, 0.4) is 0 Å². The summed E-state index contributed by atoms with van der Waals surface area (Å²) in [5, 5.41) is 19.3. The monoisotopic (exact) mass is 292 g/mol. The van der Waals surface area contributed by atoms with Crippen LogP contribution in [0.5, 0.6) is 11.5 Å². The summed E-state index contributed by atoms with van der Waals surface area (Å²) in [6.45, 7) is 0.156. The third-order valence-corrected chi connectivity index (χ3v) is 3.13. The van der Waals surface area contributed by atoms with Crippen molar-refractivity contribution in [3.63, 3.8) is 0 Å². The van der Waals surface area contributed by atoms with E-state index in [0.29, 0.717) is 11.4 Å². The Morgan fingerprint density at radius 3 is 2.60 bits per heavy atom. The van der Waals surface area contributed by atoms with Gasteiger partial charge in [-0.25, -0.2) is 4.79 Å². The molecule has 2 aromatic carbocycles. The fourth-order valence-corrected chi connectivity index (χ4v) is 1.96. The molecule has 0 radical (unpaired) electrons. The molecule has 2 N–H and O–H groups in total. The molecule has 0 spiro atoms. The predicted molar refractivity (Wildman–Crippen MR) is 75.2 cm³/mol. The molecular weight excluding hydrogens is 280 g/mol. The fraction of sp³-hybridized carbons (Fsp3) is 0.133. The number of halogens is 1. The van der Waals surface area contributed by atoms with Gasteiger partial charge in [-0.2, -0.15) is 0 Å². The minimum atomic E-state index is -0.644. The highest BCUT2D eigenvalue weighted by Crippen LogP contribution is 2.23. The van der Waals surface area contributed by atoms with E-state index in [1.807, 2.05) is 18.2 Å². The highest BCUT2D eigenvalue weighted by atomic mass is 35.5. The SMILES string of the molecule is O=C(OCCc1ccccc1Cl)c1ccc(O)cc1O. The minimum absolute atomic E-state index is 0.0157. The average molecular weight is 293 g/mol. The first-order chi connectivity index (χ1) is 9.58. The summed E-state index contributed by atoms with van der Waals surface area (Å²) in [5.41, 5.74) is 0.902. The molecule has 0 saturated heterocycles. The summed E-state index contributed by atoms with van der Waals surface area (Å²) in [6.07, 6.45) is 0.490. The van der Waals surface area contributed by atoms with Crippen molar-refractivity contribution >= 4 is 17.6 Å². The first-order valence-corrected chi connectivity index (χ1v) is 6.38. The molecule has 20 heavy (non-hydrogen) atoms. The van der Waals surface area contributed by atoms with Crippen molar-refractivity contribution < 1.29 is 19.7 Å². The van der Waals surface area contributed by atoms with Crippen LogP contribution in [-0.2, 0) is 11.2 Å². The van der Waals surface area contributed by atoms with E-state index in [2.05, 4.69) is 0 Å². The maximum atomic E-state index is 11.8. The Morgan fingerprint density at radius 1 is 1.15 bits per heavy atom. The van der Waals surface area contributed by atoms with Crippen molar-refractivity contribution in [1.29, 1.82) is 0 Å². The molecule has 104 valence electrons. The number of phenols is 2. The van der Waals surface area contributed by atoms with E-state index in [1.54, 1.807) is 6.07 Å². The lowest BCUT2D eigenvalue weighted by molar-refractivity contribution is 0.0506. The molecule has 0 aliphatic carbocycles. The Balaban J connectivity index is 1.94. The molecule has 0 aliphatic heterocycles. The van der Waals surface area contributed by atoms with Gasteiger partial charge < -0.3 is 14.9 Å². The first kappa shape index (κ1) is 14.2. The Morgan fingerprint density at radius 2 is 1.90 bits per heavy atom. The van der Waals surface area contributed by atoms with Crippen LogP contribution in [-0.4, -0.2) is 22.8 Å². The van der Waals surface area contributed by atoms with Crippen LogP contribution in [0.2, 0.25) is 5.02 Å². The van der Waals surface area contributed by atoms with Crippen molar-refractivity contribution in [1.82, 2.24) is 0 Å². The lowest BCUT2D eigenvalue weighted by Gasteiger charge is -2.07. The molecular formula is C15H13ClO4. The van der Waals surface area contributed by atoms with E-state index in [9.17, 15) is 9.90 Å². The summed E-state index contributed by atoms with van der Waals surface area (Å²) in [6, 6.07) is 11.0. The number of carbonyl (C=O) groups excluding carboxylic acids is 1. The molecule has 0 heterocycles. The minimum Gasteiger partial charge on any atom is -0.508 e. The summed E-state index contributed by atoms with van der Waals surface area (Å²) in [4.78, 5) is 11.8. The fourth-order valence-electron chi connectivity index (χ4n) is 1.73. The van der Waals surface area contributed by atoms with E-state index in [0.717, 1.165) is 11.6 Å². The standard InChI is InChI=1S/C15H13ClO4/c16-13-4-2-1-3-10(13)7-8-20-15(19)12-6-5-11(17)9-14(12)18/h1-6,9,17-18H,7-8H2. The van der Waals surface area contributed by atoms with Crippen LogP contribution in [0.1, 0.15) is 15.9 Å². The van der Waals surface area contributed by atoms with Crippen LogP contribution >= 0.6 is 11.6 Å². The summed E-state index contributed by atoms with van der Waals surface area (Å²) < 4.78 is 5.07. The van der Waals surface area contributed by atoms with Crippen molar-refractivity contribution in [2.75, 3.05) is 6.61 Å². The van der Waals surface area contributed by atoms with E-state index in [4.69, 9.17) is 21.4 Å². The van der Waals surface area contributed by atoms with Gasteiger partial charge >= 0.3 is 5.97 Å². The third kappa shape index (κ3) is 3.42. The largest absolute Gasteiger partial charge is 0.508 e. The number of esters is 1. The Labute approximate surface area is 121 Å². The zero-order valence-electron chi connectivity index (χ0n) is 10.5. The van der Waals surface area contributed by atoms with Gasteiger partial charge in [0.25, 0.3) is 0 Å². The van der Waals surface area contributed by atoms with Crippen LogP contribution in [0.25, 0.3) is 0 Å². The summed E-state index contributed by atoms with van der Waals surface area (Å²) >= 11 is 5.99. The number of aromatic hydroxyl groups is 2. The number of rotatable bonds is 4. The van der Waals surface area contributed by atoms with Crippen LogP contribution in [0.15, 0.2) is 42.5 Å². The van der Waals surface area contributed by atoms with Gasteiger partial charge in [0.1, 0.15) is 17.1 Å². The number of benzene rings is 2. The van der Waals surface area contributed by atoms with Crippen LogP contribution in [0, 0.1) is 0 Å². The second kappa shape index (κ2) is 6.30. The van der Waals surface area contributed by atoms with E-state index >= 15 is 0 Å². The van der Waals surface area contributed by atoms with Gasteiger partial charge in [-0.3, -0.25) is 0 Å². The molecule has 0 bridgehead atoms. The van der Waals surface area contributed by atoms with Crippen molar-refractivity contribution in [3.8, 4) is 11.5 Å². The molecule has 0 saturated carbocycles. The zero-order valence-corrected chi connectivity index (χ0v) is 11.3. The van der Waals surface area contributed by atoms with Gasteiger partial charge in [0, 0.05) is 17.5 Å². The van der Waals surface area contributed by atoms with Gasteiger partial charge in [0.15, 0.2) is 0 Å². The van der Waals surface area contributed by atoms with Gasteiger partial charge in [-0.15, -0.1) is 0 Å². The molecule has 0 atom stereocenters. The van der Waals surface area contributed by atoms with Crippen molar-refractivity contribution in [2.24, 2.45) is 0 Å². The summed E-state index contributed by atoms with van der Waals surface area (Å²) in [7, 11) is 0. The van der Waals surface area contributed by atoms with Gasteiger partial charge in [0.2, 0.25) is 0 Å². The number of carbonyl (C=O) groups is 1. The number of phenolic OH excluding ortho intramolecular Hbond substituents is 2. The second-order valence-electron chi connectivity index (χ2n) is 4.18. The maximum absolute atomic E-state index is 11.8. The quantitative estimate of drug-likeness (QED) is 0.850. The Kier molecular flexibility index (Phi) is 4.48. The highest BCUT2D eigenvalue weighted by Gasteiger charge is 2.13. The van der Waals surface area contributed by atoms with Crippen LogP contribution < -0.4 is 0 Å². The molecule has 0 unspecified atom stereocenters. The lowest BCUT2D eigenvalue weighted by Crippen LogP contribution is -2.08. The number of hydrogen-bond acceptors (Lipinski definition) is 4. The Hall–Kier alpha value is -2.20. The number of ether oxygens (including phenoxy) is 1. The van der Waals surface area contributed by atoms with E-state index < -0.39 is 5.97 Å². The zero-order chi connectivity index (χ0) is 14.5. The normalized spacial score (nSPS) is 10.2. The smallest absolute Gasteiger partial charge is 0.341 e. The Bertz CT molecular complexity index is 625. The summed E-state index contributed by atoms with van der Waals surface area (Å²) in [5.74, 6) is -1.07. The molecule has 4 nitrogen and oxygen atoms in total. The van der Waals surface area contributed by atoms with Gasteiger partial charge in [0.05, 0.1) is 6.61 Å².